The van der Waals surface area contributed by atoms with E-state index in [1.165, 1.54) is 43.5 Å². The van der Waals surface area contributed by atoms with Crippen molar-refractivity contribution in [2.75, 3.05) is 24.5 Å². The van der Waals surface area contributed by atoms with Gasteiger partial charge in [0.1, 0.15) is 5.82 Å². The Bertz CT molecular complexity index is 1290. The summed E-state index contributed by atoms with van der Waals surface area (Å²) in [7, 11) is 1.87. The van der Waals surface area contributed by atoms with E-state index in [9.17, 15) is 4.39 Å². The van der Waals surface area contributed by atoms with Crippen LogP contribution in [0.2, 0.25) is 0 Å². The van der Waals surface area contributed by atoms with Gasteiger partial charge in [-0.05, 0) is 92.5 Å². The highest BCUT2D eigenvalue weighted by molar-refractivity contribution is 5.70. The summed E-state index contributed by atoms with van der Waals surface area (Å²) in [5, 5.41) is 7.78. The number of anilines is 1. The lowest BCUT2D eigenvalue weighted by atomic mass is 10.00. The van der Waals surface area contributed by atoms with E-state index in [1.807, 2.05) is 19.3 Å². The first-order valence-corrected chi connectivity index (χ1v) is 13.7. The lowest BCUT2D eigenvalue weighted by Crippen LogP contribution is -2.54. The quantitative estimate of drug-likeness (QED) is 0.417. The summed E-state index contributed by atoms with van der Waals surface area (Å²) in [5.74, 6) is 0.708. The van der Waals surface area contributed by atoms with Crippen LogP contribution < -0.4 is 10.2 Å². The predicted octanol–water partition coefficient (Wildman–Crippen LogP) is 5.92. The second-order valence-electron chi connectivity index (χ2n) is 11.4. The van der Waals surface area contributed by atoms with Gasteiger partial charge in [0.2, 0.25) is 0 Å². The summed E-state index contributed by atoms with van der Waals surface area (Å²) in [4.78, 5) is 5.39. The van der Waals surface area contributed by atoms with Crippen molar-refractivity contribution >= 4 is 11.4 Å². The first-order valence-electron chi connectivity index (χ1n) is 13.7. The zero-order chi connectivity index (χ0) is 25.7. The molecule has 2 saturated heterocycles. The smallest absolute Gasteiger partial charge is 0.124 e. The van der Waals surface area contributed by atoms with E-state index < -0.39 is 0 Å². The number of fused-ring (bicyclic) bond motifs is 2. The summed E-state index contributed by atoms with van der Waals surface area (Å²) in [6.45, 7) is 12.1. The van der Waals surface area contributed by atoms with Gasteiger partial charge in [-0.25, -0.2) is 4.39 Å². The number of nitrogens with one attached hydrogen (secondary N) is 1. The summed E-state index contributed by atoms with van der Waals surface area (Å²) in [6.07, 6.45) is 9.18. The molecule has 6 rings (SSSR count). The van der Waals surface area contributed by atoms with Crippen molar-refractivity contribution in [2.45, 2.75) is 57.7 Å². The molecular formula is C31H38FN5. The van der Waals surface area contributed by atoms with Crippen LogP contribution in [-0.2, 0) is 7.05 Å². The van der Waals surface area contributed by atoms with Gasteiger partial charge in [-0.15, -0.1) is 0 Å². The first-order chi connectivity index (χ1) is 17.8. The number of benzene rings is 2. The number of halogens is 1. The van der Waals surface area contributed by atoms with Crippen molar-refractivity contribution in [3.8, 4) is 11.1 Å². The average Bonchev–Trinajstić information content (AvgIpc) is 3.54. The highest BCUT2D eigenvalue weighted by Gasteiger charge is 2.42. The highest BCUT2D eigenvalue weighted by Crippen LogP contribution is 2.38. The number of hydrogen-bond donors (Lipinski definition) is 1. The van der Waals surface area contributed by atoms with Gasteiger partial charge in [0.15, 0.2) is 0 Å². The molecule has 1 aromatic heterocycles. The van der Waals surface area contributed by atoms with Crippen LogP contribution in [0, 0.1) is 18.7 Å². The molecule has 5 nitrogen and oxygen atoms in total. The molecule has 1 N–H and O–H groups in total. The summed E-state index contributed by atoms with van der Waals surface area (Å²) in [6, 6.07) is 13.2. The third-order valence-corrected chi connectivity index (χ3v) is 8.56. The summed E-state index contributed by atoms with van der Waals surface area (Å²) in [5.41, 5.74) is 7.09. The zero-order valence-corrected chi connectivity index (χ0v) is 22.3. The van der Waals surface area contributed by atoms with Crippen LogP contribution in [0.4, 0.5) is 10.1 Å². The Balaban J connectivity index is 1.17. The molecule has 0 unspecified atom stereocenters. The Kier molecular flexibility index (Phi) is 6.31. The second kappa shape index (κ2) is 9.64. The number of nitrogens with zero attached hydrogens (tertiary/aromatic N) is 4. The van der Waals surface area contributed by atoms with Gasteiger partial charge in [-0.2, -0.15) is 5.10 Å². The molecule has 2 bridgehead atoms. The van der Waals surface area contributed by atoms with Crippen LogP contribution >= 0.6 is 0 Å². The maximum absolute atomic E-state index is 14.5. The van der Waals surface area contributed by atoms with Crippen LogP contribution in [0.3, 0.4) is 0 Å². The van der Waals surface area contributed by atoms with Gasteiger partial charge in [-0.1, -0.05) is 12.6 Å². The van der Waals surface area contributed by atoms with Crippen LogP contribution in [0.1, 0.15) is 55.3 Å². The molecule has 194 valence electrons. The largest absolute Gasteiger partial charge is 0.379 e. The third kappa shape index (κ3) is 5.04. The number of rotatable bonds is 8. The molecule has 0 spiro atoms. The molecule has 3 heterocycles. The SMILES string of the molecule is C=C(N[C@H](C)c1cc(F)cc(-c2cnn(C)c2)c1)c1cc(N2C[C@H]3CC[C@@H](C2)N3CC2CC2)ccc1C. The number of aryl methyl sites for hydroxylation is 2. The maximum Gasteiger partial charge on any atom is 0.124 e. The van der Waals surface area contributed by atoms with E-state index in [4.69, 9.17) is 0 Å². The lowest BCUT2D eigenvalue weighted by molar-refractivity contribution is 0.162. The molecule has 37 heavy (non-hydrogen) atoms. The zero-order valence-electron chi connectivity index (χ0n) is 22.3. The molecule has 2 aliphatic heterocycles. The van der Waals surface area contributed by atoms with Crippen molar-refractivity contribution in [3.05, 3.63) is 77.9 Å². The highest BCUT2D eigenvalue weighted by atomic mass is 19.1. The Morgan fingerprint density at radius 1 is 1.08 bits per heavy atom. The van der Waals surface area contributed by atoms with Gasteiger partial charge in [0.25, 0.3) is 0 Å². The minimum absolute atomic E-state index is 0.0940. The van der Waals surface area contributed by atoms with Gasteiger partial charge in [0, 0.05) is 73.5 Å². The normalized spacial score (nSPS) is 22.3. The Morgan fingerprint density at radius 3 is 2.51 bits per heavy atom. The molecule has 1 aliphatic carbocycles. The molecule has 2 aromatic carbocycles. The molecule has 1 saturated carbocycles. The van der Waals surface area contributed by atoms with Crippen molar-refractivity contribution in [3.63, 3.8) is 0 Å². The van der Waals surface area contributed by atoms with E-state index in [0.717, 1.165) is 47.0 Å². The molecule has 3 aromatic rings. The van der Waals surface area contributed by atoms with Crippen molar-refractivity contribution < 1.29 is 4.39 Å². The van der Waals surface area contributed by atoms with Crippen LogP contribution in [0.15, 0.2) is 55.4 Å². The van der Waals surface area contributed by atoms with E-state index in [2.05, 4.69) is 58.8 Å². The van der Waals surface area contributed by atoms with Gasteiger partial charge >= 0.3 is 0 Å². The third-order valence-electron chi connectivity index (χ3n) is 8.56. The topological polar surface area (TPSA) is 36.3 Å². The second-order valence-corrected chi connectivity index (χ2v) is 11.4. The molecule has 0 radical (unpaired) electrons. The van der Waals surface area contributed by atoms with E-state index in [0.29, 0.717) is 12.1 Å². The van der Waals surface area contributed by atoms with Crippen LogP contribution in [0.25, 0.3) is 16.8 Å². The Hall–Kier alpha value is -3.12. The molecule has 3 aliphatic rings. The van der Waals surface area contributed by atoms with E-state index in [-0.39, 0.29) is 11.9 Å². The summed E-state index contributed by atoms with van der Waals surface area (Å²) >= 11 is 0. The average molecular weight is 500 g/mol. The number of hydrogen-bond acceptors (Lipinski definition) is 4. The molecular weight excluding hydrogens is 461 g/mol. The summed E-state index contributed by atoms with van der Waals surface area (Å²) < 4.78 is 16.3. The van der Waals surface area contributed by atoms with Gasteiger partial charge < -0.3 is 10.2 Å². The van der Waals surface area contributed by atoms with E-state index >= 15 is 0 Å². The molecule has 0 amide bonds. The fourth-order valence-electron chi connectivity index (χ4n) is 6.25. The van der Waals surface area contributed by atoms with Crippen molar-refractivity contribution in [2.24, 2.45) is 13.0 Å². The minimum atomic E-state index is -0.246. The Morgan fingerprint density at radius 2 is 1.84 bits per heavy atom. The van der Waals surface area contributed by atoms with E-state index in [1.54, 1.807) is 23.0 Å². The first kappa shape index (κ1) is 24.2. The molecule has 3 fully saturated rings. The van der Waals surface area contributed by atoms with Gasteiger partial charge in [-0.3, -0.25) is 9.58 Å². The molecule has 6 heteroatoms. The fourth-order valence-corrected chi connectivity index (χ4v) is 6.25. The van der Waals surface area contributed by atoms with Crippen molar-refractivity contribution in [1.82, 2.24) is 20.0 Å². The lowest BCUT2D eigenvalue weighted by Gasteiger charge is -2.42. The number of piperazine rings is 1. The number of aromatic nitrogens is 2. The predicted molar refractivity (Wildman–Crippen MR) is 149 cm³/mol. The monoisotopic (exact) mass is 499 g/mol. The molecule has 3 atom stereocenters. The van der Waals surface area contributed by atoms with Crippen LogP contribution in [0.5, 0.6) is 0 Å². The maximum atomic E-state index is 14.5. The Labute approximate surface area is 220 Å². The van der Waals surface area contributed by atoms with Gasteiger partial charge in [0.05, 0.1) is 6.20 Å². The minimum Gasteiger partial charge on any atom is -0.379 e. The van der Waals surface area contributed by atoms with Crippen LogP contribution in [-0.4, -0.2) is 46.4 Å². The van der Waals surface area contributed by atoms with Crippen molar-refractivity contribution in [1.29, 1.82) is 0 Å². The fraction of sp³-hybridized carbons (Fsp3) is 0.452. The standard InChI is InChI=1S/C31H38FN5/c1-20-5-8-28(36-18-29-9-10-30(19-36)37(29)16-23-6-7-23)14-31(20)22(3)34-21(2)24-11-25(13-27(32)12-24)26-15-33-35(4)17-26/h5,8,11-15,17,21,23,29-30,34H,3,6-7,9-10,16,18-19H2,1-2,4H3/t21-,29-,30+/m1/s1.